The van der Waals surface area contributed by atoms with Crippen molar-refractivity contribution in [1.29, 1.82) is 0 Å². The molecule has 0 unspecified atom stereocenters. The monoisotopic (exact) mass is 275 g/mol. The molecule has 20 heavy (non-hydrogen) atoms. The molecular formula is C15H17NO4. The summed E-state index contributed by atoms with van der Waals surface area (Å²) < 4.78 is 10.1. The molecule has 5 nitrogen and oxygen atoms in total. The van der Waals surface area contributed by atoms with Gasteiger partial charge in [-0.05, 0) is 23.1 Å². The van der Waals surface area contributed by atoms with Crippen LogP contribution in [0.4, 0.5) is 0 Å². The van der Waals surface area contributed by atoms with Crippen molar-refractivity contribution in [3.05, 3.63) is 35.6 Å². The summed E-state index contributed by atoms with van der Waals surface area (Å²) in [6.45, 7) is 6.30. The summed E-state index contributed by atoms with van der Waals surface area (Å²) in [4.78, 5) is 10.9. The minimum absolute atomic E-state index is 0.0274. The van der Waals surface area contributed by atoms with Gasteiger partial charge in [-0.1, -0.05) is 32.0 Å². The molecule has 0 radical (unpaired) electrons. The molecule has 2 aromatic rings. The van der Waals surface area contributed by atoms with Crippen molar-refractivity contribution >= 4 is 5.97 Å². The minimum Gasteiger partial charge on any atom is -0.496 e. The van der Waals surface area contributed by atoms with E-state index in [2.05, 4.69) is 25.9 Å². The molecule has 0 aliphatic rings. The molecule has 1 heterocycles. The molecule has 0 spiro atoms. The van der Waals surface area contributed by atoms with E-state index in [1.165, 1.54) is 6.07 Å². The Morgan fingerprint density at radius 2 is 2.00 bits per heavy atom. The van der Waals surface area contributed by atoms with Gasteiger partial charge in [0.1, 0.15) is 11.4 Å². The van der Waals surface area contributed by atoms with E-state index in [9.17, 15) is 4.79 Å². The first kappa shape index (κ1) is 14.1. The number of carboxylic acids is 1. The van der Waals surface area contributed by atoms with E-state index in [0.717, 1.165) is 11.1 Å². The summed E-state index contributed by atoms with van der Waals surface area (Å²) >= 11 is 0. The van der Waals surface area contributed by atoms with Crippen LogP contribution < -0.4 is 4.74 Å². The summed E-state index contributed by atoms with van der Waals surface area (Å²) in [5.41, 5.74) is 2.25. The van der Waals surface area contributed by atoms with E-state index >= 15 is 0 Å². The van der Waals surface area contributed by atoms with Crippen LogP contribution in [0.3, 0.4) is 0 Å². The van der Waals surface area contributed by atoms with Gasteiger partial charge in [-0.3, -0.25) is 0 Å². The van der Waals surface area contributed by atoms with Gasteiger partial charge in [-0.2, -0.15) is 0 Å². The third kappa shape index (κ3) is 2.66. The Morgan fingerprint density at radius 1 is 1.30 bits per heavy atom. The Balaban J connectivity index is 2.55. The number of hydrogen-bond donors (Lipinski definition) is 1. The summed E-state index contributed by atoms with van der Waals surface area (Å²) in [6, 6.07) is 7.18. The number of carbonyl (C=O) groups is 1. The molecule has 5 heteroatoms. The van der Waals surface area contributed by atoms with E-state index in [4.69, 9.17) is 14.4 Å². The minimum atomic E-state index is -1.14. The zero-order chi connectivity index (χ0) is 14.9. The van der Waals surface area contributed by atoms with Gasteiger partial charge in [0, 0.05) is 11.6 Å². The van der Waals surface area contributed by atoms with Gasteiger partial charge in [-0.25, -0.2) is 4.79 Å². The Bertz CT molecular complexity index is 638. The smallest absolute Gasteiger partial charge is 0.374 e. The fourth-order valence-corrected chi connectivity index (χ4v) is 1.88. The third-order valence-corrected chi connectivity index (χ3v) is 3.06. The van der Waals surface area contributed by atoms with Crippen LogP contribution in [0.2, 0.25) is 0 Å². The van der Waals surface area contributed by atoms with Gasteiger partial charge < -0.3 is 14.4 Å². The summed E-state index contributed by atoms with van der Waals surface area (Å²) in [5, 5.41) is 12.7. The molecule has 2 rings (SSSR count). The van der Waals surface area contributed by atoms with Crippen molar-refractivity contribution in [1.82, 2.24) is 5.16 Å². The Hall–Kier alpha value is -2.30. The first-order valence-corrected chi connectivity index (χ1v) is 6.22. The average Bonchev–Trinajstić information content (AvgIpc) is 2.86. The topological polar surface area (TPSA) is 72.6 Å². The molecule has 1 N–H and O–H groups in total. The number of methoxy groups -OCH3 is 1. The van der Waals surface area contributed by atoms with Crippen LogP contribution in [0.15, 0.2) is 28.8 Å². The van der Waals surface area contributed by atoms with Crippen molar-refractivity contribution < 1.29 is 19.2 Å². The van der Waals surface area contributed by atoms with Gasteiger partial charge in [0.15, 0.2) is 0 Å². The number of nitrogens with zero attached hydrogens (tertiary/aromatic N) is 1. The van der Waals surface area contributed by atoms with Crippen LogP contribution in [0, 0.1) is 0 Å². The maximum atomic E-state index is 10.9. The molecular weight excluding hydrogens is 258 g/mol. The summed E-state index contributed by atoms with van der Waals surface area (Å²) in [7, 11) is 1.56. The highest BCUT2D eigenvalue weighted by molar-refractivity contribution is 5.86. The Labute approximate surface area is 117 Å². The van der Waals surface area contributed by atoms with E-state index < -0.39 is 5.97 Å². The van der Waals surface area contributed by atoms with Crippen LogP contribution >= 0.6 is 0 Å². The molecule has 106 valence electrons. The molecule has 0 atom stereocenters. The number of carboxylic acid groups (broad SMARTS) is 1. The number of ether oxygens (including phenoxy) is 1. The maximum absolute atomic E-state index is 10.9. The lowest BCUT2D eigenvalue weighted by Crippen LogP contribution is -2.11. The Morgan fingerprint density at radius 3 is 2.50 bits per heavy atom. The Kier molecular flexibility index (Phi) is 3.53. The van der Waals surface area contributed by atoms with Gasteiger partial charge in [0.05, 0.1) is 7.11 Å². The van der Waals surface area contributed by atoms with E-state index in [0.29, 0.717) is 11.4 Å². The lowest BCUT2D eigenvalue weighted by molar-refractivity contribution is 0.0652. The lowest BCUT2D eigenvalue weighted by atomic mass is 9.85. The summed E-state index contributed by atoms with van der Waals surface area (Å²) in [6.07, 6.45) is 0. The predicted molar refractivity (Wildman–Crippen MR) is 74.2 cm³/mol. The normalized spacial score (nSPS) is 11.4. The molecule has 0 bridgehead atoms. The van der Waals surface area contributed by atoms with Crippen LogP contribution in [0.25, 0.3) is 11.3 Å². The molecule has 1 aromatic heterocycles. The molecule has 1 aromatic carbocycles. The second-order valence-corrected chi connectivity index (χ2v) is 5.55. The number of benzene rings is 1. The fraction of sp³-hybridized carbons (Fsp3) is 0.333. The third-order valence-electron chi connectivity index (χ3n) is 3.06. The van der Waals surface area contributed by atoms with Crippen molar-refractivity contribution in [3.63, 3.8) is 0 Å². The second-order valence-electron chi connectivity index (χ2n) is 5.55. The highest BCUT2D eigenvalue weighted by atomic mass is 16.5. The van der Waals surface area contributed by atoms with Crippen molar-refractivity contribution in [3.8, 4) is 17.0 Å². The van der Waals surface area contributed by atoms with Crippen molar-refractivity contribution in [2.75, 3.05) is 7.11 Å². The van der Waals surface area contributed by atoms with Crippen molar-refractivity contribution in [2.45, 2.75) is 26.2 Å². The largest absolute Gasteiger partial charge is 0.496 e. The first-order chi connectivity index (χ1) is 9.32. The van der Waals surface area contributed by atoms with Crippen molar-refractivity contribution in [2.24, 2.45) is 0 Å². The summed E-state index contributed by atoms with van der Waals surface area (Å²) in [5.74, 6) is -0.707. The van der Waals surface area contributed by atoms with Crippen LogP contribution in [0.1, 0.15) is 36.9 Å². The molecule has 0 aliphatic heterocycles. The number of rotatable bonds is 3. The molecule has 0 amide bonds. The van der Waals surface area contributed by atoms with E-state index in [1.54, 1.807) is 7.11 Å². The molecule has 0 fully saturated rings. The molecule has 0 saturated carbocycles. The zero-order valence-electron chi connectivity index (χ0n) is 11.9. The van der Waals surface area contributed by atoms with Crippen LogP contribution in [0.5, 0.6) is 5.75 Å². The standard InChI is InChI=1S/C15H17NO4/c1-15(2,3)9-5-6-12(19-4)10(7-9)11-8-13(14(17)18)20-16-11/h5-8H,1-4H3,(H,17,18). The van der Waals surface area contributed by atoms with Crippen LogP contribution in [-0.4, -0.2) is 23.3 Å². The lowest BCUT2D eigenvalue weighted by Gasteiger charge is -2.20. The molecule has 0 saturated heterocycles. The second kappa shape index (κ2) is 5.00. The van der Waals surface area contributed by atoms with Gasteiger partial charge >= 0.3 is 5.97 Å². The van der Waals surface area contributed by atoms with Gasteiger partial charge in [0.2, 0.25) is 5.76 Å². The average molecular weight is 275 g/mol. The zero-order valence-corrected chi connectivity index (χ0v) is 11.9. The van der Waals surface area contributed by atoms with Gasteiger partial charge in [-0.15, -0.1) is 0 Å². The fourth-order valence-electron chi connectivity index (χ4n) is 1.88. The molecule has 0 aliphatic carbocycles. The first-order valence-electron chi connectivity index (χ1n) is 6.22. The highest BCUT2D eigenvalue weighted by Crippen LogP contribution is 2.34. The van der Waals surface area contributed by atoms with E-state index in [1.807, 2.05) is 18.2 Å². The van der Waals surface area contributed by atoms with Gasteiger partial charge in [0.25, 0.3) is 0 Å². The quantitative estimate of drug-likeness (QED) is 0.930. The highest BCUT2D eigenvalue weighted by Gasteiger charge is 2.19. The van der Waals surface area contributed by atoms with Crippen LogP contribution in [-0.2, 0) is 5.41 Å². The van der Waals surface area contributed by atoms with E-state index in [-0.39, 0.29) is 11.2 Å². The number of hydrogen-bond acceptors (Lipinski definition) is 4. The predicted octanol–water partition coefficient (Wildman–Crippen LogP) is 3.35. The SMILES string of the molecule is COc1ccc(C(C)(C)C)cc1-c1cc(C(=O)O)on1. The number of aromatic carboxylic acids is 1. The maximum Gasteiger partial charge on any atom is 0.374 e. The number of aromatic nitrogens is 1.